The van der Waals surface area contributed by atoms with Crippen molar-refractivity contribution in [3.63, 3.8) is 0 Å². The third kappa shape index (κ3) is 12.8. The number of unbranched alkanes of at least 4 members (excludes halogenated alkanes) is 3. The van der Waals surface area contributed by atoms with E-state index < -0.39 is 23.4 Å². The highest BCUT2D eigenvalue weighted by molar-refractivity contribution is 7.30. The van der Waals surface area contributed by atoms with Crippen molar-refractivity contribution in [3.8, 4) is 83.4 Å². The molecule has 0 bridgehead atoms. The molecule has 2 aliphatic heterocycles. The Morgan fingerprint density at radius 2 is 0.894 bits per heavy atom. The first kappa shape index (κ1) is 68.8. The molecule has 6 nitrogen and oxygen atoms in total. The molecule has 12 rings (SSSR count). The molecule has 10 heterocycles. The third-order valence-corrected chi connectivity index (χ3v) is 29.6. The number of carbonyl (C=O) groups is 4. The zero-order chi connectivity index (χ0) is 66.5. The summed E-state index contributed by atoms with van der Waals surface area (Å²) in [6, 6.07) is 19.1. The summed E-state index contributed by atoms with van der Waals surface area (Å²) >= 11 is 26.8. The van der Waals surface area contributed by atoms with E-state index in [1.807, 2.05) is 26.0 Å². The van der Waals surface area contributed by atoms with Crippen molar-refractivity contribution in [2.75, 3.05) is 13.1 Å². The van der Waals surface area contributed by atoms with Crippen molar-refractivity contribution in [3.05, 3.63) is 124 Å². The SMILES string of the molecule is C#CC(CC)CN1C(=O)c2c(-c3ccc(-c4ccc(-c5ccc(-c6sc(C)c7c6C(=O)N(CC(CC)CCCC)C7=O)s5)c(F)c4F)s3)sc(-c3cc4c(-c5cc(Cl)c(CC(CC)CCCC)s5)c5sc(C)cc5c(-c5cc(Cl)c(CC(CC)CCCC)s5)c4s3)c2C1=O. The summed E-state index contributed by atoms with van der Waals surface area (Å²) in [5.74, 6) is 0.224. The van der Waals surface area contributed by atoms with Crippen LogP contribution < -0.4 is 0 Å². The molecule has 94 heavy (non-hydrogen) atoms. The Labute approximate surface area is 593 Å². The summed E-state index contributed by atoms with van der Waals surface area (Å²) < 4.78 is 35.9. The number of halogens is 4. The monoisotopic (exact) mass is 1440 g/mol. The first-order chi connectivity index (χ1) is 45.4. The number of imide groups is 2. The molecule has 8 aromatic heterocycles. The molecule has 0 spiro atoms. The molecule has 0 saturated carbocycles. The van der Waals surface area contributed by atoms with Crippen molar-refractivity contribution in [1.29, 1.82) is 0 Å². The van der Waals surface area contributed by atoms with Crippen molar-refractivity contribution in [1.82, 2.24) is 9.80 Å². The fraction of sp³-hybridized carbons (Fsp3) is 0.395. The van der Waals surface area contributed by atoms with Crippen LogP contribution in [0.2, 0.25) is 10.0 Å². The van der Waals surface area contributed by atoms with Crippen LogP contribution in [0.1, 0.15) is 193 Å². The third-order valence-electron chi connectivity index (χ3n) is 19.1. The van der Waals surface area contributed by atoms with Gasteiger partial charge in [-0.05, 0) is 118 Å². The minimum atomic E-state index is -1.03. The molecule has 0 aliphatic carbocycles. The highest BCUT2D eigenvalue weighted by Crippen LogP contribution is 2.58. The van der Waals surface area contributed by atoms with E-state index in [1.54, 1.807) is 69.6 Å². The van der Waals surface area contributed by atoms with Crippen LogP contribution >= 0.6 is 114 Å². The number of hydrogen-bond acceptors (Lipinski definition) is 12. The second-order valence-corrected chi connectivity index (χ2v) is 35.0. The highest BCUT2D eigenvalue weighted by atomic mass is 35.5. The topological polar surface area (TPSA) is 74.8 Å². The largest absolute Gasteiger partial charge is 0.274 e. The molecule has 0 radical (unpaired) electrons. The fourth-order valence-corrected chi connectivity index (χ4v) is 24.0. The van der Waals surface area contributed by atoms with Crippen LogP contribution in [0, 0.1) is 61.5 Å². The van der Waals surface area contributed by atoms with Crippen molar-refractivity contribution in [2.45, 2.75) is 159 Å². The number of fused-ring (bicyclic) bond motifs is 4. The number of aryl methyl sites for hydroxylation is 2. The molecular formula is C76H76Cl2F2N2O4S8. The van der Waals surface area contributed by atoms with Crippen molar-refractivity contribution < 1.29 is 28.0 Å². The summed E-state index contributed by atoms with van der Waals surface area (Å²) in [5.41, 5.74) is 3.75. The minimum Gasteiger partial charge on any atom is -0.274 e. The van der Waals surface area contributed by atoms with E-state index in [4.69, 9.17) is 29.6 Å². The Kier molecular flexibility index (Phi) is 21.3. The van der Waals surface area contributed by atoms with Gasteiger partial charge in [0, 0.05) is 115 Å². The van der Waals surface area contributed by atoms with Gasteiger partial charge < -0.3 is 0 Å². The molecule has 2 aliphatic rings. The van der Waals surface area contributed by atoms with Crippen molar-refractivity contribution in [2.24, 2.45) is 23.7 Å². The van der Waals surface area contributed by atoms with E-state index in [0.717, 1.165) is 138 Å². The van der Waals surface area contributed by atoms with Gasteiger partial charge in [-0.1, -0.05) is 142 Å². The normalized spacial score (nSPS) is 14.6. The molecule has 490 valence electrons. The quantitative estimate of drug-likeness (QED) is 0.0362. The Morgan fingerprint density at radius 1 is 0.457 bits per heavy atom. The van der Waals surface area contributed by atoms with Gasteiger partial charge in [-0.25, -0.2) is 8.78 Å². The number of thiophene rings is 8. The summed E-state index contributed by atoms with van der Waals surface area (Å²) in [5, 5.41) is 3.72. The van der Waals surface area contributed by atoms with Gasteiger partial charge >= 0.3 is 0 Å². The minimum absolute atomic E-state index is 0.0533. The first-order valence-corrected chi connectivity index (χ1v) is 40.4. The van der Waals surface area contributed by atoms with Gasteiger partial charge in [-0.3, -0.25) is 29.0 Å². The smallest absolute Gasteiger partial charge is 0.263 e. The van der Waals surface area contributed by atoms with E-state index in [0.29, 0.717) is 75.6 Å². The standard InChI is InChI=1S/C76H76Cl2F2N2O4S8/c1-11-19-22-42(16-6)32-55-49(77)35-57(91-55)61-47-31-39(9)87-68(47)62(58-36-50(78)56(92-58)33-43(17-7)23-20-12-2)48-34-59(93-69(48)61)72-65-64(75(85)81(76(65)86)37-41(14-4)15-5)71(94-72)54-30-28-52(90-54)46-26-25-45(66(79)67(46)80)51-27-29-53(89-51)70-63-60(40(10)88-70)73(83)82(74(63)84)38-44(18-8)24-21-13-3/h4,25-31,34-36,41-44H,11-13,15-24,32-33,37-38H2,1-3,5-10H3. The molecule has 4 unspecified atom stereocenters. The van der Waals surface area contributed by atoms with Crippen LogP contribution in [0.25, 0.3) is 91.2 Å². The lowest BCUT2D eigenvalue weighted by atomic mass is 9.95. The van der Waals surface area contributed by atoms with Crippen LogP contribution in [0.3, 0.4) is 0 Å². The van der Waals surface area contributed by atoms with E-state index >= 15 is 18.4 Å². The van der Waals surface area contributed by atoms with Gasteiger partial charge in [-0.15, -0.1) is 103 Å². The Balaban J connectivity index is 0.953. The van der Waals surface area contributed by atoms with Crippen LogP contribution in [0.5, 0.6) is 0 Å². The van der Waals surface area contributed by atoms with Crippen LogP contribution in [-0.2, 0) is 12.8 Å². The lowest BCUT2D eigenvalue weighted by molar-refractivity contribution is 0.0615. The first-order valence-electron chi connectivity index (χ1n) is 33.1. The van der Waals surface area contributed by atoms with Crippen LogP contribution in [0.4, 0.5) is 8.78 Å². The van der Waals surface area contributed by atoms with Gasteiger partial charge in [0.1, 0.15) is 0 Å². The molecule has 10 aromatic rings. The van der Waals surface area contributed by atoms with Crippen LogP contribution in [-0.4, -0.2) is 46.5 Å². The molecule has 4 atom stereocenters. The lowest BCUT2D eigenvalue weighted by Crippen LogP contribution is -2.34. The summed E-state index contributed by atoms with van der Waals surface area (Å²) in [4.78, 5) is 72.4. The second kappa shape index (κ2) is 29.1. The molecule has 0 N–H and O–H groups in total. The molecular weight excluding hydrogens is 1370 g/mol. The van der Waals surface area contributed by atoms with Gasteiger partial charge in [0.15, 0.2) is 11.6 Å². The average Bonchev–Trinajstić information content (AvgIpc) is 1.55. The number of benzene rings is 2. The molecule has 0 saturated heterocycles. The van der Waals surface area contributed by atoms with E-state index in [2.05, 4.69) is 78.7 Å². The van der Waals surface area contributed by atoms with E-state index in [9.17, 15) is 9.59 Å². The van der Waals surface area contributed by atoms with E-state index in [1.165, 1.54) is 82.6 Å². The summed E-state index contributed by atoms with van der Waals surface area (Å²) in [6.45, 7) is 19.6. The summed E-state index contributed by atoms with van der Waals surface area (Å²) in [7, 11) is 0. The van der Waals surface area contributed by atoms with Crippen LogP contribution in [0.15, 0.2) is 60.7 Å². The number of carbonyl (C=O) groups excluding carboxylic acids is 4. The highest BCUT2D eigenvalue weighted by Gasteiger charge is 2.45. The molecule has 2 aromatic carbocycles. The maximum atomic E-state index is 16.9. The number of hydrogen-bond donors (Lipinski definition) is 0. The van der Waals surface area contributed by atoms with Gasteiger partial charge in [0.2, 0.25) is 0 Å². The average molecular weight is 1450 g/mol. The van der Waals surface area contributed by atoms with Crippen molar-refractivity contribution >= 4 is 158 Å². The zero-order valence-corrected chi connectivity index (χ0v) is 62.5. The predicted octanol–water partition coefficient (Wildman–Crippen LogP) is 25.9. The van der Waals surface area contributed by atoms with E-state index in [-0.39, 0.29) is 46.9 Å². The number of rotatable bonds is 28. The predicted molar refractivity (Wildman–Crippen MR) is 403 cm³/mol. The number of nitrogens with zero attached hydrogens (tertiary/aromatic N) is 2. The summed E-state index contributed by atoms with van der Waals surface area (Å²) in [6.07, 6.45) is 21.3. The Hall–Kier alpha value is -5.16. The molecule has 4 amide bonds. The lowest BCUT2D eigenvalue weighted by Gasteiger charge is -2.21. The molecule has 0 fully saturated rings. The Morgan fingerprint density at radius 3 is 1.38 bits per heavy atom. The van der Waals surface area contributed by atoms with Gasteiger partial charge in [-0.2, -0.15) is 0 Å². The second-order valence-electron chi connectivity index (χ2n) is 25.2. The fourth-order valence-electron chi connectivity index (χ4n) is 13.5. The van der Waals surface area contributed by atoms with Gasteiger partial charge in [0.25, 0.3) is 23.6 Å². The maximum absolute atomic E-state index is 16.9. The number of terminal acetylenes is 1. The Bertz CT molecular complexity index is 4500. The zero-order valence-electron chi connectivity index (χ0n) is 54.5. The molecule has 18 heteroatoms. The van der Waals surface area contributed by atoms with Gasteiger partial charge in [0.05, 0.1) is 46.9 Å². The number of amides is 4. The maximum Gasteiger partial charge on any atom is 0.263 e.